The van der Waals surface area contributed by atoms with Crippen molar-refractivity contribution in [2.75, 3.05) is 0 Å². The second-order valence-corrected chi connectivity index (χ2v) is 5.31. The van der Waals surface area contributed by atoms with Crippen molar-refractivity contribution in [3.05, 3.63) is 77.4 Å². The second-order valence-electron chi connectivity index (χ2n) is 5.31. The number of rotatable bonds is 1. The highest BCUT2D eigenvalue weighted by Gasteiger charge is 2.21. The van der Waals surface area contributed by atoms with E-state index < -0.39 is 0 Å². The van der Waals surface area contributed by atoms with Crippen molar-refractivity contribution in [1.82, 2.24) is 0 Å². The van der Waals surface area contributed by atoms with Crippen molar-refractivity contribution in [2.24, 2.45) is 0 Å². The van der Waals surface area contributed by atoms with Gasteiger partial charge in [-0.25, -0.2) is 0 Å². The van der Waals surface area contributed by atoms with E-state index in [2.05, 4.69) is 60.7 Å². The molecule has 0 N–H and O–H groups in total. The fraction of sp³-hybridized carbons (Fsp3) is 0.158. The van der Waals surface area contributed by atoms with Gasteiger partial charge in [-0.05, 0) is 52.7 Å². The molecule has 0 spiro atoms. The van der Waals surface area contributed by atoms with Gasteiger partial charge in [0.05, 0.1) is 0 Å². The largest absolute Gasteiger partial charge is 0.0844 e. The standard InChI is InChI=1S/C19H16/c1-2-7-14(8-3-1)16-11-6-12-18-17-10-5-4-9-15(17)13-19(16)18/h1-2,4-6,8-12H,3,7,13H2. The van der Waals surface area contributed by atoms with Crippen LogP contribution >= 0.6 is 0 Å². The lowest BCUT2D eigenvalue weighted by Gasteiger charge is -2.13. The van der Waals surface area contributed by atoms with Crippen LogP contribution in [0.1, 0.15) is 29.5 Å². The normalized spacial score (nSPS) is 15.9. The van der Waals surface area contributed by atoms with Crippen LogP contribution in [0.4, 0.5) is 0 Å². The van der Waals surface area contributed by atoms with E-state index in [4.69, 9.17) is 0 Å². The minimum absolute atomic E-state index is 1.08. The van der Waals surface area contributed by atoms with Crippen LogP contribution in [0.2, 0.25) is 0 Å². The summed E-state index contributed by atoms with van der Waals surface area (Å²) in [7, 11) is 0. The van der Waals surface area contributed by atoms with Gasteiger partial charge in [0.1, 0.15) is 0 Å². The Morgan fingerprint density at radius 3 is 2.47 bits per heavy atom. The van der Waals surface area contributed by atoms with E-state index in [1.807, 2.05) is 0 Å². The number of benzene rings is 2. The minimum atomic E-state index is 1.08. The zero-order valence-corrected chi connectivity index (χ0v) is 10.9. The Kier molecular flexibility index (Phi) is 2.41. The molecule has 92 valence electrons. The summed E-state index contributed by atoms with van der Waals surface area (Å²) in [5.74, 6) is 0. The van der Waals surface area contributed by atoms with Gasteiger partial charge < -0.3 is 0 Å². The number of hydrogen-bond acceptors (Lipinski definition) is 0. The molecule has 19 heavy (non-hydrogen) atoms. The van der Waals surface area contributed by atoms with Gasteiger partial charge in [0.25, 0.3) is 0 Å². The molecule has 0 saturated carbocycles. The highest BCUT2D eigenvalue weighted by atomic mass is 14.2. The highest BCUT2D eigenvalue weighted by molar-refractivity contribution is 5.83. The third-order valence-electron chi connectivity index (χ3n) is 4.20. The van der Waals surface area contributed by atoms with E-state index >= 15 is 0 Å². The van der Waals surface area contributed by atoms with Crippen molar-refractivity contribution in [3.63, 3.8) is 0 Å². The van der Waals surface area contributed by atoms with Crippen LogP contribution in [0, 0.1) is 0 Å². The van der Waals surface area contributed by atoms with Crippen LogP contribution in [-0.2, 0) is 6.42 Å². The molecule has 0 heterocycles. The lowest BCUT2D eigenvalue weighted by molar-refractivity contribution is 1.20. The topological polar surface area (TPSA) is 0 Å². The molecule has 2 aliphatic carbocycles. The molecule has 2 aromatic rings. The van der Waals surface area contributed by atoms with Gasteiger partial charge in [-0.3, -0.25) is 0 Å². The molecular formula is C19H16. The van der Waals surface area contributed by atoms with Crippen LogP contribution in [0.25, 0.3) is 16.7 Å². The van der Waals surface area contributed by atoms with Crippen LogP contribution in [0.5, 0.6) is 0 Å². The summed E-state index contributed by atoms with van der Waals surface area (Å²) in [6, 6.07) is 15.6. The first-order valence-electron chi connectivity index (χ1n) is 6.98. The van der Waals surface area contributed by atoms with Crippen LogP contribution in [0.3, 0.4) is 0 Å². The average molecular weight is 244 g/mol. The molecule has 0 fully saturated rings. The van der Waals surface area contributed by atoms with Crippen LogP contribution < -0.4 is 0 Å². The third-order valence-corrected chi connectivity index (χ3v) is 4.20. The molecule has 2 aliphatic rings. The molecule has 0 saturated heterocycles. The Hall–Kier alpha value is -2.08. The van der Waals surface area contributed by atoms with Crippen LogP contribution in [-0.4, -0.2) is 0 Å². The van der Waals surface area contributed by atoms with Crippen molar-refractivity contribution >= 4 is 5.57 Å². The number of allylic oxidation sites excluding steroid dienone is 4. The van der Waals surface area contributed by atoms with Gasteiger partial charge in [-0.2, -0.15) is 0 Å². The zero-order chi connectivity index (χ0) is 12.7. The molecule has 0 bridgehead atoms. The van der Waals surface area contributed by atoms with Gasteiger partial charge in [-0.1, -0.05) is 60.7 Å². The van der Waals surface area contributed by atoms with E-state index in [-0.39, 0.29) is 0 Å². The fourth-order valence-corrected chi connectivity index (χ4v) is 3.28. The molecule has 0 atom stereocenters. The maximum atomic E-state index is 2.37. The molecule has 0 heteroatoms. The zero-order valence-electron chi connectivity index (χ0n) is 10.9. The van der Waals surface area contributed by atoms with Crippen molar-refractivity contribution in [2.45, 2.75) is 19.3 Å². The molecule has 0 aliphatic heterocycles. The molecule has 0 unspecified atom stereocenters. The van der Waals surface area contributed by atoms with E-state index in [1.54, 1.807) is 0 Å². The molecule has 0 aromatic heterocycles. The number of hydrogen-bond donors (Lipinski definition) is 0. The molecule has 0 radical (unpaired) electrons. The lowest BCUT2D eigenvalue weighted by Crippen LogP contribution is -1.94. The molecule has 0 amide bonds. The monoisotopic (exact) mass is 244 g/mol. The van der Waals surface area contributed by atoms with Gasteiger partial charge in [0.15, 0.2) is 0 Å². The summed E-state index contributed by atoms with van der Waals surface area (Å²) < 4.78 is 0. The van der Waals surface area contributed by atoms with Crippen molar-refractivity contribution < 1.29 is 0 Å². The van der Waals surface area contributed by atoms with Gasteiger partial charge in [0, 0.05) is 0 Å². The summed E-state index contributed by atoms with van der Waals surface area (Å²) in [6.07, 6.45) is 10.2. The first-order chi connectivity index (χ1) is 9.43. The molecule has 4 rings (SSSR count). The van der Waals surface area contributed by atoms with Gasteiger partial charge in [-0.15, -0.1) is 0 Å². The predicted octanol–water partition coefficient (Wildman–Crippen LogP) is 4.99. The average Bonchev–Trinajstić information content (AvgIpc) is 2.87. The van der Waals surface area contributed by atoms with E-state index in [1.165, 1.54) is 33.4 Å². The summed E-state index contributed by atoms with van der Waals surface area (Å²) in [6.45, 7) is 0. The molecular weight excluding hydrogens is 228 g/mol. The summed E-state index contributed by atoms with van der Waals surface area (Å²) in [5.41, 5.74) is 8.79. The van der Waals surface area contributed by atoms with E-state index in [9.17, 15) is 0 Å². The van der Waals surface area contributed by atoms with Crippen LogP contribution in [0.15, 0.2) is 60.7 Å². The Morgan fingerprint density at radius 2 is 1.58 bits per heavy atom. The predicted molar refractivity (Wildman–Crippen MR) is 81.0 cm³/mol. The SMILES string of the molecule is C1=CCC(c2cccc3c2Cc2ccccc2-3)=CC1. The lowest BCUT2D eigenvalue weighted by atomic mass is 9.91. The smallest absolute Gasteiger partial charge is 0.000740 e. The highest BCUT2D eigenvalue weighted by Crippen LogP contribution is 2.40. The Labute approximate surface area is 114 Å². The first-order valence-corrected chi connectivity index (χ1v) is 6.98. The number of fused-ring (bicyclic) bond motifs is 3. The fourth-order valence-electron chi connectivity index (χ4n) is 3.28. The van der Waals surface area contributed by atoms with Gasteiger partial charge >= 0.3 is 0 Å². The molecule has 0 nitrogen and oxygen atoms in total. The maximum Gasteiger partial charge on any atom is -0.000740 e. The first kappa shape index (κ1) is 10.8. The summed E-state index contributed by atoms with van der Waals surface area (Å²) in [5, 5.41) is 0. The van der Waals surface area contributed by atoms with Gasteiger partial charge in [0.2, 0.25) is 0 Å². The van der Waals surface area contributed by atoms with Crippen molar-refractivity contribution in [1.29, 1.82) is 0 Å². The second kappa shape index (κ2) is 4.24. The summed E-state index contributed by atoms with van der Waals surface area (Å²) >= 11 is 0. The van der Waals surface area contributed by atoms with E-state index in [0.29, 0.717) is 0 Å². The maximum absolute atomic E-state index is 2.37. The van der Waals surface area contributed by atoms with E-state index in [0.717, 1.165) is 19.3 Å². The molecule has 2 aromatic carbocycles. The Balaban J connectivity index is 1.87. The Morgan fingerprint density at radius 1 is 0.737 bits per heavy atom. The summed E-state index contributed by atoms with van der Waals surface area (Å²) in [4.78, 5) is 0. The Bertz CT molecular complexity index is 702. The minimum Gasteiger partial charge on any atom is -0.0844 e. The quantitative estimate of drug-likeness (QED) is 0.529. The third kappa shape index (κ3) is 1.67. The van der Waals surface area contributed by atoms with Crippen molar-refractivity contribution in [3.8, 4) is 11.1 Å².